The van der Waals surface area contributed by atoms with Crippen LogP contribution in [0.2, 0.25) is 0 Å². The Bertz CT molecular complexity index is 1690. The van der Waals surface area contributed by atoms with Crippen LogP contribution in [0.15, 0.2) is 122 Å². The third-order valence-electron chi connectivity index (χ3n) is 14.7. The molecule has 0 saturated heterocycles. The topological polar surface area (TPSA) is 78.9 Å². The van der Waals surface area contributed by atoms with Crippen molar-refractivity contribution in [3.05, 3.63) is 122 Å². The third kappa shape index (κ3) is 66.6. The first-order valence-corrected chi connectivity index (χ1v) is 34.5. The Morgan fingerprint density at radius 2 is 0.476 bits per heavy atom. The largest absolute Gasteiger partial charge is 0.462 e. The zero-order valence-corrected chi connectivity index (χ0v) is 53.7. The molecule has 0 spiro atoms. The van der Waals surface area contributed by atoms with Crippen molar-refractivity contribution in [3.8, 4) is 0 Å². The summed E-state index contributed by atoms with van der Waals surface area (Å²) in [6.45, 7) is 6.40. The number of esters is 3. The van der Waals surface area contributed by atoms with Gasteiger partial charge in [-0.2, -0.15) is 0 Å². The number of hydrogen-bond acceptors (Lipinski definition) is 6. The molecule has 0 saturated carbocycles. The molecule has 0 aliphatic heterocycles. The van der Waals surface area contributed by atoms with Gasteiger partial charge < -0.3 is 14.2 Å². The van der Waals surface area contributed by atoms with Crippen molar-refractivity contribution >= 4 is 17.9 Å². The van der Waals surface area contributed by atoms with Gasteiger partial charge in [-0.1, -0.05) is 316 Å². The molecule has 6 nitrogen and oxygen atoms in total. The summed E-state index contributed by atoms with van der Waals surface area (Å²) in [7, 11) is 0. The summed E-state index contributed by atoms with van der Waals surface area (Å²) >= 11 is 0. The van der Waals surface area contributed by atoms with E-state index in [1.54, 1.807) is 0 Å². The van der Waals surface area contributed by atoms with Gasteiger partial charge in [-0.3, -0.25) is 14.4 Å². The molecular formula is C76H128O6. The number of carbonyl (C=O) groups is 3. The molecule has 1 atom stereocenters. The molecule has 0 aromatic carbocycles. The maximum absolute atomic E-state index is 13.0. The van der Waals surface area contributed by atoms with Crippen LogP contribution in [-0.2, 0) is 28.6 Å². The van der Waals surface area contributed by atoms with Gasteiger partial charge in [0.2, 0.25) is 0 Å². The predicted octanol–water partition coefficient (Wildman–Crippen LogP) is 23.9. The number of ether oxygens (including phenoxy) is 3. The third-order valence-corrected chi connectivity index (χ3v) is 14.7. The maximum atomic E-state index is 13.0. The summed E-state index contributed by atoms with van der Waals surface area (Å²) in [5, 5.41) is 0. The van der Waals surface area contributed by atoms with Crippen molar-refractivity contribution in [2.24, 2.45) is 0 Å². The van der Waals surface area contributed by atoms with Gasteiger partial charge in [-0.25, -0.2) is 0 Å². The molecule has 0 rings (SSSR count). The molecule has 0 N–H and O–H groups in total. The van der Waals surface area contributed by atoms with E-state index in [0.29, 0.717) is 19.3 Å². The molecule has 0 heterocycles. The van der Waals surface area contributed by atoms with E-state index in [2.05, 4.69) is 142 Å². The van der Waals surface area contributed by atoms with E-state index in [1.165, 1.54) is 148 Å². The summed E-state index contributed by atoms with van der Waals surface area (Å²) in [6.07, 6.45) is 96.5. The molecule has 0 aromatic heterocycles. The average molecular weight is 1140 g/mol. The highest BCUT2D eigenvalue weighted by Crippen LogP contribution is 2.17. The van der Waals surface area contributed by atoms with Gasteiger partial charge in [0.05, 0.1) is 0 Å². The van der Waals surface area contributed by atoms with E-state index in [9.17, 15) is 14.4 Å². The molecular weight excluding hydrogens is 1010 g/mol. The lowest BCUT2D eigenvalue weighted by molar-refractivity contribution is -0.167. The molecule has 82 heavy (non-hydrogen) atoms. The van der Waals surface area contributed by atoms with Crippen molar-refractivity contribution in [2.45, 2.75) is 329 Å². The van der Waals surface area contributed by atoms with Crippen molar-refractivity contribution in [2.75, 3.05) is 13.2 Å². The minimum atomic E-state index is -0.805. The van der Waals surface area contributed by atoms with Gasteiger partial charge in [0.1, 0.15) is 13.2 Å². The Morgan fingerprint density at radius 1 is 0.256 bits per heavy atom. The number of hydrogen-bond donors (Lipinski definition) is 0. The van der Waals surface area contributed by atoms with Crippen molar-refractivity contribution < 1.29 is 28.6 Å². The van der Waals surface area contributed by atoms with E-state index >= 15 is 0 Å². The van der Waals surface area contributed by atoms with Crippen LogP contribution in [0.1, 0.15) is 323 Å². The fraction of sp³-hybridized carbons (Fsp3) is 0.697. The van der Waals surface area contributed by atoms with Gasteiger partial charge in [-0.05, 0) is 109 Å². The Kier molecular flexibility index (Phi) is 65.8. The second-order valence-corrected chi connectivity index (χ2v) is 22.7. The molecule has 6 heteroatoms. The van der Waals surface area contributed by atoms with Gasteiger partial charge in [-0.15, -0.1) is 0 Å². The molecule has 0 amide bonds. The summed E-state index contributed by atoms with van der Waals surface area (Å²) in [5.41, 5.74) is 0. The lowest BCUT2D eigenvalue weighted by atomic mass is 10.0. The Labute approximate surface area is 507 Å². The fourth-order valence-electron chi connectivity index (χ4n) is 9.62. The van der Waals surface area contributed by atoms with E-state index < -0.39 is 6.10 Å². The Hall–Kier alpha value is -4.19. The van der Waals surface area contributed by atoms with Gasteiger partial charge >= 0.3 is 17.9 Å². The van der Waals surface area contributed by atoms with Crippen LogP contribution in [0.5, 0.6) is 0 Å². The van der Waals surface area contributed by atoms with Crippen LogP contribution >= 0.6 is 0 Å². The highest BCUT2D eigenvalue weighted by molar-refractivity contribution is 5.71. The number of allylic oxidation sites excluding steroid dienone is 20. The average Bonchev–Trinajstić information content (AvgIpc) is 3.47. The number of unbranched alkanes of at least 4 members (excludes halogenated alkanes) is 31. The number of rotatable bonds is 62. The molecule has 468 valence electrons. The molecule has 0 aliphatic rings. The van der Waals surface area contributed by atoms with Crippen molar-refractivity contribution in [3.63, 3.8) is 0 Å². The molecule has 0 aliphatic carbocycles. The van der Waals surface area contributed by atoms with E-state index in [1.807, 2.05) is 0 Å². The van der Waals surface area contributed by atoms with Gasteiger partial charge in [0.25, 0.3) is 0 Å². The molecule has 0 aromatic rings. The zero-order valence-electron chi connectivity index (χ0n) is 53.7. The Morgan fingerprint density at radius 3 is 0.768 bits per heavy atom. The lowest BCUT2D eigenvalue weighted by Gasteiger charge is -2.18. The first kappa shape index (κ1) is 77.8. The first-order valence-electron chi connectivity index (χ1n) is 34.5. The standard InChI is InChI=1S/C76H128O6/c1-4-7-10-13-16-19-22-25-28-30-32-34-36-38-40-41-43-45-48-51-54-57-60-63-66-69-75(78)81-72-73(71-80-74(77)68-65-62-59-56-53-50-47-27-24-21-18-15-12-9-6-3)82-76(79)70-67-64-61-58-55-52-49-46-44-42-39-37-35-33-31-29-26-23-20-17-14-11-8-5-2/h7,9-10,12,16,18-19,21,25,27-28,32,34,38,40,43,45,47,53,56,73H,4-6,8,11,13-15,17,20,22-24,26,29-31,33,35-37,39,41-42,44,46,48-52,54-55,57-72H2,1-3H3/b10-7-,12-9-,19-16-,21-18-,28-25-,34-32-,40-38-,45-43-,47-27-,56-53-. The summed E-state index contributed by atoms with van der Waals surface area (Å²) in [5.74, 6) is -0.944. The van der Waals surface area contributed by atoms with Crippen LogP contribution in [0.25, 0.3) is 0 Å². The molecule has 0 fully saturated rings. The predicted molar refractivity (Wildman–Crippen MR) is 357 cm³/mol. The summed E-state index contributed by atoms with van der Waals surface area (Å²) in [4.78, 5) is 38.4. The van der Waals surface area contributed by atoms with Crippen LogP contribution in [0.4, 0.5) is 0 Å². The van der Waals surface area contributed by atoms with Crippen LogP contribution in [0, 0.1) is 0 Å². The molecule has 0 radical (unpaired) electrons. The second kappa shape index (κ2) is 69.3. The second-order valence-electron chi connectivity index (χ2n) is 22.7. The highest BCUT2D eigenvalue weighted by Gasteiger charge is 2.19. The van der Waals surface area contributed by atoms with Crippen LogP contribution in [0.3, 0.4) is 0 Å². The van der Waals surface area contributed by atoms with Crippen molar-refractivity contribution in [1.82, 2.24) is 0 Å². The van der Waals surface area contributed by atoms with Gasteiger partial charge in [0.15, 0.2) is 6.10 Å². The van der Waals surface area contributed by atoms with Gasteiger partial charge in [0, 0.05) is 19.3 Å². The fourth-order valence-corrected chi connectivity index (χ4v) is 9.62. The molecule has 0 bridgehead atoms. The highest BCUT2D eigenvalue weighted by atomic mass is 16.6. The quantitative estimate of drug-likeness (QED) is 0.0261. The van der Waals surface area contributed by atoms with E-state index in [0.717, 1.165) is 135 Å². The number of carbonyl (C=O) groups excluding carboxylic acids is 3. The smallest absolute Gasteiger partial charge is 0.306 e. The Balaban J connectivity index is 4.39. The first-order chi connectivity index (χ1) is 40.5. The normalized spacial score (nSPS) is 12.9. The van der Waals surface area contributed by atoms with E-state index in [4.69, 9.17) is 14.2 Å². The SMILES string of the molecule is CC/C=C\C/C=C\C/C=C\C/C=C\C/C=C\C/C=C\CCCCCCCCC(=O)OCC(COC(=O)CCCC/C=C\C/C=C\C/C=C\C/C=C\CC)OC(=O)CCCCCCCCCCCCCCCCCCCCCCCCCC. The zero-order chi connectivity index (χ0) is 59.2. The summed E-state index contributed by atoms with van der Waals surface area (Å²) in [6, 6.07) is 0. The maximum Gasteiger partial charge on any atom is 0.306 e. The minimum absolute atomic E-state index is 0.0995. The monoisotopic (exact) mass is 1140 g/mol. The lowest BCUT2D eigenvalue weighted by Crippen LogP contribution is -2.30. The minimum Gasteiger partial charge on any atom is -0.462 e. The van der Waals surface area contributed by atoms with Crippen molar-refractivity contribution in [1.29, 1.82) is 0 Å². The van der Waals surface area contributed by atoms with Crippen LogP contribution < -0.4 is 0 Å². The van der Waals surface area contributed by atoms with Crippen LogP contribution in [-0.4, -0.2) is 37.2 Å². The summed E-state index contributed by atoms with van der Waals surface area (Å²) < 4.78 is 16.9. The molecule has 1 unspecified atom stereocenters. The van der Waals surface area contributed by atoms with E-state index in [-0.39, 0.29) is 31.1 Å².